The van der Waals surface area contributed by atoms with Gasteiger partial charge >= 0.3 is 12.1 Å². The first-order valence-corrected chi connectivity index (χ1v) is 8.38. The summed E-state index contributed by atoms with van der Waals surface area (Å²) >= 11 is 0. The molecule has 0 radical (unpaired) electrons. The van der Waals surface area contributed by atoms with Crippen molar-refractivity contribution in [2.45, 2.75) is 13.8 Å². The standard InChI is InChI=1S/C19H17N5O3/c1-3-24(19(25)26-4-2)18-22-17(23-27-18)16-11-9-14(13-21-16)8-10-15-7-5-6-12-20-15/h5-7,9,11-13H,3-4H2,1-2H3. The normalized spacial score (nSPS) is 10.0. The lowest BCUT2D eigenvalue weighted by Crippen LogP contribution is -2.31. The predicted octanol–water partition coefficient (Wildman–Crippen LogP) is 2.91. The second-order valence-electron chi connectivity index (χ2n) is 5.24. The number of nitrogens with zero attached hydrogens (tertiary/aromatic N) is 5. The van der Waals surface area contributed by atoms with Gasteiger partial charge in [-0.05, 0) is 44.0 Å². The number of hydrogen-bond acceptors (Lipinski definition) is 7. The molecule has 136 valence electrons. The van der Waals surface area contributed by atoms with Crippen molar-refractivity contribution < 1.29 is 14.1 Å². The minimum Gasteiger partial charge on any atom is -0.449 e. The second kappa shape index (κ2) is 8.58. The number of amides is 1. The van der Waals surface area contributed by atoms with E-state index in [9.17, 15) is 4.79 Å². The summed E-state index contributed by atoms with van der Waals surface area (Å²) in [6, 6.07) is 9.14. The van der Waals surface area contributed by atoms with E-state index >= 15 is 0 Å². The van der Waals surface area contributed by atoms with Crippen molar-refractivity contribution >= 4 is 12.1 Å². The van der Waals surface area contributed by atoms with E-state index in [-0.39, 0.29) is 18.4 Å². The molecular formula is C19H17N5O3. The minimum absolute atomic E-state index is 0.0618. The van der Waals surface area contributed by atoms with Crippen LogP contribution in [0.1, 0.15) is 25.1 Å². The van der Waals surface area contributed by atoms with Gasteiger partial charge in [0.25, 0.3) is 0 Å². The zero-order valence-corrected chi connectivity index (χ0v) is 14.9. The predicted molar refractivity (Wildman–Crippen MR) is 97.8 cm³/mol. The Morgan fingerprint density at radius 1 is 1.19 bits per heavy atom. The van der Waals surface area contributed by atoms with E-state index in [0.717, 1.165) is 5.56 Å². The largest absolute Gasteiger partial charge is 0.449 e. The van der Waals surface area contributed by atoms with E-state index in [2.05, 4.69) is 31.9 Å². The lowest BCUT2D eigenvalue weighted by atomic mass is 10.2. The molecule has 0 aliphatic rings. The number of ether oxygens (including phenoxy) is 1. The first-order chi connectivity index (χ1) is 13.2. The highest BCUT2D eigenvalue weighted by Crippen LogP contribution is 2.19. The van der Waals surface area contributed by atoms with Crippen molar-refractivity contribution in [1.29, 1.82) is 0 Å². The summed E-state index contributed by atoms with van der Waals surface area (Å²) in [4.78, 5) is 25.8. The molecule has 1 amide bonds. The molecule has 8 nitrogen and oxygen atoms in total. The molecule has 0 aliphatic carbocycles. The van der Waals surface area contributed by atoms with Crippen LogP contribution < -0.4 is 4.90 Å². The zero-order valence-electron chi connectivity index (χ0n) is 14.9. The summed E-state index contributed by atoms with van der Waals surface area (Å²) < 4.78 is 10.1. The Morgan fingerprint density at radius 2 is 2.07 bits per heavy atom. The third kappa shape index (κ3) is 4.46. The number of hydrogen-bond donors (Lipinski definition) is 0. The van der Waals surface area contributed by atoms with Crippen LogP contribution in [-0.2, 0) is 4.74 Å². The molecule has 0 saturated carbocycles. The number of carbonyl (C=O) groups is 1. The Morgan fingerprint density at radius 3 is 2.74 bits per heavy atom. The van der Waals surface area contributed by atoms with Crippen molar-refractivity contribution in [1.82, 2.24) is 20.1 Å². The Bertz CT molecular complexity index is 958. The van der Waals surface area contributed by atoms with Gasteiger partial charge in [0.1, 0.15) is 11.4 Å². The van der Waals surface area contributed by atoms with E-state index < -0.39 is 6.09 Å². The molecule has 0 saturated heterocycles. The minimum atomic E-state index is -0.539. The van der Waals surface area contributed by atoms with E-state index in [0.29, 0.717) is 17.9 Å². The van der Waals surface area contributed by atoms with Crippen molar-refractivity contribution in [3.63, 3.8) is 0 Å². The molecule has 3 aromatic heterocycles. The van der Waals surface area contributed by atoms with Gasteiger partial charge in [-0.25, -0.2) is 14.7 Å². The molecule has 0 fully saturated rings. The average Bonchev–Trinajstić information content (AvgIpc) is 3.18. The maximum atomic E-state index is 11.9. The summed E-state index contributed by atoms with van der Waals surface area (Å²) in [5, 5.41) is 3.88. The molecule has 3 aromatic rings. The lowest BCUT2D eigenvalue weighted by Gasteiger charge is -2.14. The molecule has 0 atom stereocenters. The van der Waals surface area contributed by atoms with Crippen LogP contribution >= 0.6 is 0 Å². The van der Waals surface area contributed by atoms with Gasteiger partial charge in [0.2, 0.25) is 5.82 Å². The number of pyridine rings is 2. The van der Waals surface area contributed by atoms with Crippen LogP contribution in [0.2, 0.25) is 0 Å². The van der Waals surface area contributed by atoms with E-state index in [1.165, 1.54) is 4.90 Å². The molecular weight excluding hydrogens is 346 g/mol. The van der Waals surface area contributed by atoms with E-state index in [1.807, 2.05) is 18.2 Å². The number of aromatic nitrogens is 4. The quantitative estimate of drug-likeness (QED) is 0.658. The zero-order chi connectivity index (χ0) is 19.1. The van der Waals surface area contributed by atoms with Crippen LogP contribution in [0.4, 0.5) is 10.8 Å². The average molecular weight is 363 g/mol. The molecule has 8 heteroatoms. The molecule has 27 heavy (non-hydrogen) atoms. The fraction of sp³-hybridized carbons (Fsp3) is 0.211. The van der Waals surface area contributed by atoms with Crippen molar-refractivity contribution in [2.75, 3.05) is 18.1 Å². The van der Waals surface area contributed by atoms with Crippen molar-refractivity contribution in [3.8, 4) is 23.4 Å². The first kappa shape index (κ1) is 18.1. The van der Waals surface area contributed by atoms with Gasteiger partial charge in [-0.15, -0.1) is 0 Å². The number of anilines is 1. The monoisotopic (exact) mass is 363 g/mol. The summed E-state index contributed by atoms with van der Waals surface area (Å²) in [7, 11) is 0. The van der Waals surface area contributed by atoms with Gasteiger partial charge in [0.05, 0.1) is 6.61 Å². The molecule has 3 heterocycles. The fourth-order valence-electron chi connectivity index (χ4n) is 2.15. The molecule has 0 aliphatic heterocycles. The van der Waals surface area contributed by atoms with Crippen LogP contribution in [0.3, 0.4) is 0 Å². The molecule has 0 N–H and O–H groups in total. The highest BCUT2D eigenvalue weighted by Gasteiger charge is 2.22. The fourth-order valence-corrected chi connectivity index (χ4v) is 2.15. The number of rotatable bonds is 4. The Hall–Kier alpha value is -3.73. The van der Waals surface area contributed by atoms with Crippen LogP contribution in [-0.4, -0.2) is 39.4 Å². The molecule has 0 bridgehead atoms. The summed E-state index contributed by atoms with van der Waals surface area (Å²) in [5.41, 5.74) is 1.92. The molecule has 0 spiro atoms. The van der Waals surface area contributed by atoms with Crippen molar-refractivity contribution in [3.05, 3.63) is 54.0 Å². The van der Waals surface area contributed by atoms with E-state index in [4.69, 9.17) is 9.26 Å². The Labute approximate surface area is 156 Å². The molecule has 0 aromatic carbocycles. The van der Waals surface area contributed by atoms with Gasteiger partial charge in [0, 0.05) is 24.5 Å². The summed E-state index contributed by atoms with van der Waals surface area (Å²) in [5.74, 6) is 6.23. The van der Waals surface area contributed by atoms with Crippen LogP contribution in [0.25, 0.3) is 11.5 Å². The third-order valence-corrected chi connectivity index (χ3v) is 3.44. The van der Waals surface area contributed by atoms with Crippen LogP contribution in [0.5, 0.6) is 0 Å². The topological polar surface area (TPSA) is 94.2 Å². The maximum Gasteiger partial charge on any atom is 0.417 e. The number of carbonyl (C=O) groups excluding carboxylic acids is 1. The van der Waals surface area contributed by atoms with Crippen LogP contribution in [0, 0.1) is 11.8 Å². The van der Waals surface area contributed by atoms with Crippen molar-refractivity contribution in [2.24, 2.45) is 0 Å². The Kier molecular flexibility index (Phi) is 5.74. The second-order valence-corrected chi connectivity index (χ2v) is 5.24. The highest BCUT2D eigenvalue weighted by molar-refractivity contribution is 5.84. The molecule has 0 unspecified atom stereocenters. The van der Waals surface area contributed by atoms with Gasteiger partial charge in [-0.3, -0.25) is 4.98 Å². The van der Waals surface area contributed by atoms with E-state index in [1.54, 1.807) is 38.4 Å². The Balaban J connectivity index is 1.75. The van der Waals surface area contributed by atoms with Crippen LogP contribution in [0.15, 0.2) is 47.2 Å². The lowest BCUT2D eigenvalue weighted by molar-refractivity contribution is 0.158. The third-order valence-electron chi connectivity index (χ3n) is 3.44. The SMILES string of the molecule is CCOC(=O)N(CC)c1nc(-c2ccc(C#Cc3ccccn3)cn2)no1. The maximum absolute atomic E-state index is 11.9. The van der Waals surface area contributed by atoms with Gasteiger partial charge < -0.3 is 9.26 Å². The van der Waals surface area contributed by atoms with Gasteiger partial charge in [0.15, 0.2) is 0 Å². The summed E-state index contributed by atoms with van der Waals surface area (Å²) in [6.45, 7) is 4.12. The first-order valence-electron chi connectivity index (χ1n) is 8.38. The molecule has 3 rings (SSSR count). The highest BCUT2D eigenvalue weighted by atomic mass is 16.6. The summed E-state index contributed by atoms with van der Waals surface area (Å²) in [6.07, 6.45) is 2.77. The van der Waals surface area contributed by atoms with Gasteiger partial charge in [-0.2, -0.15) is 4.98 Å². The smallest absolute Gasteiger partial charge is 0.417 e. The van der Waals surface area contributed by atoms with Gasteiger partial charge in [-0.1, -0.05) is 17.1 Å².